The van der Waals surface area contributed by atoms with E-state index in [1.165, 1.54) is 25.7 Å². The molecule has 0 aliphatic rings. The van der Waals surface area contributed by atoms with Crippen molar-refractivity contribution in [1.82, 2.24) is 9.55 Å². The van der Waals surface area contributed by atoms with Crippen molar-refractivity contribution in [3.05, 3.63) is 12.5 Å². The second kappa shape index (κ2) is 5.68. The van der Waals surface area contributed by atoms with Gasteiger partial charge in [0.1, 0.15) is 5.82 Å². The van der Waals surface area contributed by atoms with Gasteiger partial charge in [-0.2, -0.15) is 0 Å². The molecule has 3 nitrogen and oxygen atoms in total. The summed E-state index contributed by atoms with van der Waals surface area (Å²) >= 11 is 0. The molecule has 0 aliphatic carbocycles. The fourth-order valence-corrected chi connectivity index (χ4v) is 1.69. The van der Waals surface area contributed by atoms with Gasteiger partial charge in [-0.15, -0.1) is 0 Å². The number of aromatic nitrogens is 2. The molecule has 0 fully saturated rings. The second-order valence-corrected chi connectivity index (χ2v) is 3.91. The Kier molecular flexibility index (Phi) is 4.50. The number of hydrogen-bond donors (Lipinski definition) is 1. The molecular weight excluding hydrogens is 174 g/mol. The fraction of sp³-hybridized carbons (Fsp3) is 0.727. The van der Waals surface area contributed by atoms with Crippen LogP contribution in [0.15, 0.2) is 12.5 Å². The second-order valence-electron chi connectivity index (χ2n) is 3.91. The molecule has 1 aromatic heterocycles. The van der Waals surface area contributed by atoms with E-state index >= 15 is 0 Å². The van der Waals surface area contributed by atoms with Gasteiger partial charge in [-0.25, -0.2) is 4.98 Å². The van der Waals surface area contributed by atoms with Crippen LogP contribution in [-0.2, 0) is 6.54 Å². The van der Waals surface area contributed by atoms with Gasteiger partial charge in [-0.05, 0) is 12.3 Å². The molecule has 0 aromatic carbocycles. The molecule has 14 heavy (non-hydrogen) atoms. The average molecular weight is 195 g/mol. The van der Waals surface area contributed by atoms with Gasteiger partial charge in [0.15, 0.2) is 0 Å². The SMILES string of the molecule is CCCCC(CC)Cn1cnc(N)c1. The van der Waals surface area contributed by atoms with Crippen LogP contribution < -0.4 is 5.73 Å². The van der Waals surface area contributed by atoms with E-state index in [0.29, 0.717) is 5.82 Å². The Hall–Kier alpha value is -0.990. The summed E-state index contributed by atoms with van der Waals surface area (Å²) in [5, 5.41) is 0. The van der Waals surface area contributed by atoms with Crippen molar-refractivity contribution < 1.29 is 0 Å². The molecule has 0 saturated carbocycles. The monoisotopic (exact) mass is 195 g/mol. The van der Waals surface area contributed by atoms with Crippen LogP contribution in [-0.4, -0.2) is 9.55 Å². The lowest BCUT2D eigenvalue weighted by atomic mass is 9.99. The number of rotatable bonds is 6. The van der Waals surface area contributed by atoms with Crippen LogP contribution in [0.4, 0.5) is 5.82 Å². The Bertz CT molecular complexity index is 255. The maximum absolute atomic E-state index is 5.56. The van der Waals surface area contributed by atoms with Crippen molar-refractivity contribution in [1.29, 1.82) is 0 Å². The minimum atomic E-state index is 0.621. The Balaban J connectivity index is 2.40. The quantitative estimate of drug-likeness (QED) is 0.758. The molecule has 1 aromatic rings. The lowest BCUT2D eigenvalue weighted by Gasteiger charge is -2.14. The van der Waals surface area contributed by atoms with E-state index in [2.05, 4.69) is 23.4 Å². The molecule has 0 radical (unpaired) electrons. The van der Waals surface area contributed by atoms with E-state index in [0.717, 1.165) is 12.5 Å². The summed E-state index contributed by atoms with van der Waals surface area (Å²) in [4.78, 5) is 4.02. The van der Waals surface area contributed by atoms with Gasteiger partial charge in [0.2, 0.25) is 0 Å². The van der Waals surface area contributed by atoms with Gasteiger partial charge >= 0.3 is 0 Å². The lowest BCUT2D eigenvalue weighted by Crippen LogP contribution is -2.08. The summed E-state index contributed by atoms with van der Waals surface area (Å²) in [7, 11) is 0. The van der Waals surface area contributed by atoms with E-state index in [9.17, 15) is 0 Å². The number of hydrogen-bond acceptors (Lipinski definition) is 2. The van der Waals surface area contributed by atoms with Gasteiger partial charge in [-0.3, -0.25) is 0 Å². The highest BCUT2D eigenvalue weighted by Gasteiger charge is 2.06. The van der Waals surface area contributed by atoms with E-state index < -0.39 is 0 Å². The van der Waals surface area contributed by atoms with Crippen molar-refractivity contribution in [2.24, 2.45) is 5.92 Å². The van der Waals surface area contributed by atoms with E-state index in [4.69, 9.17) is 5.73 Å². The highest BCUT2D eigenvalue weighted by Crippen LogP contribution is 2.15. The molecule has 1 rings (SSSR count). The summed E-state index contributed by atoms with van der Waals surface area (Å²) in [6.07, 6.45) is 8.88. The molecule has 3 heteroatoms. The summed E-state index contributed by atoms with van der Waals surface area (Å²) < 4.78 is 2.10. The fourth-order valence-electron chi connectivity index (χ4n) is 1.69. The third-order valence-electron chi connectivity index (χ3n) is 2.67. The summed E-state index contributed by atoms with van der Waals surface area (Å²) in [6.45, 7) is 5.54. The first-order valence-electron chi connectivity index (χ1n) is 5.53. The maximum Gasteiger partial charge on any atom is 0.141 e. The summed E-state index contributed by atoms with van der Waals surface area (Å²) in [5.41, 5.74) is 5.56. The minimum absolute atomic E-state index is 0.621. The van der Waals surface area contributed by atoms with Crippen LogP contribution in [0.2, 0.25) is 0 Å². The predicted molar refractivity (Wildman–Crippen MR) is 59.9 cm³/mol. The van der Waals surface area contributed by atoms with Crippen LogP contribution in [0.1, 0.15) is 39.5 Å². The molecule has 0 spiro atoms. The van der Waals surface area contributed by atoms with E-state index in [1.807, 2.05) is 12.5 Å². The number of unbranched alkanes of at least 4 members (excludes halogenated alkanes) is 1. The van der Waals surface area contributed by atoms with Crippen LogP contribution in [0, 0.1) is 5.92 Å². The number of anilines is 1. The smallest absolute Gasteiger partial charge is 0.141 e. The Labute approximate surface area is 86.3 Å². The standard InChI is InChI=1S/C11H21N3/c1-3-5-6-10(4-2)7-14-8-11(12)13-9-14/h8-10H,3-7,12H2,1-2H3. The van der Waals surface area contributed by atoms with Crippen molar-refractivity contribution in [3.8, 4) is 0 Å². The topological polar surface area (TPSA) is 43.8 Å². The number of nitrogens with two attached hydrogens (primary N) is 1. The van der Waals surface area contributed by atoms with Crippen molar-refractivity contribution in [2.45, 2.75) is 46.1 Å². The first-order chi connectivity index (χ1) is 6.76. The van der Waals surface area contributed by atoms with Crippen LogP contribution in [0.3, 0.4) is 0 Å². The molecule has 0 aliphatic heterocycles. The highest BCUT2D eigenvalue weighted by atomic mass is 15.1. The summed E-state index contributed by atoms with van der Waals surface area (Å²) in [6, 6.07) is 0. The molecule has 1 atom stereocenters. The normalized spacial score (nSPS) is 13.0. The highest BCUT2D eigenvalue weighted by molar-refractivity contribution is 5.22. The Morgan fingerprint density at radius 2 is 2.29 bits per heavy atom. The van der Waals surface area contributed by atoms with Gasteiger partial charge in [0, 0.05) is 12.7 Å². The van der Waals surface area contributed by atoms with Crippen molar-refractivity contribution >= 4 is 5.82 Å². The van der Waals surface area contributed by atoms with Crippen molar-refractivity contribution in [2.75, 3.05) is 5.73 Å². The molecular formula is C11H21N3. The van der Waals surface area contributed by atoms with E-state index in [-0.39, 0.29) is 0 Å². The summed E-state index contributed by atoms with van der Waals surface area (Å²) in [5.74, 6) is 1.39. The predicted octanol–water partition coefficient (Wildman–Crippen LogP) is 2.68. The van der Waals surface area contributed by atoms with E-state index in [1.54, 1.807) is 0 Å². The lowest BCUT2D eigenvalue weighted by molar-refractivity contribution is 0.390. The van der Waals surface area contributed by atoms with Crippen LogP contribution in [0.5, 0.6) is 0 Å². The minimum Gasteiger partial charge on any atom is -0.382 e. The largest absolute Gasteiger partial charge is 0.382 e. The third kappa shape index (κ3) is 3.40. The van der Waals surface area contributed by atoms with Gasteiger partial charge < -0.3 is 10.3 Å². The van der Waals surface area contributed by atoms with Gasteiger partial charge in [-0.1, -0.05) is 33.1 Å². The average Bonchev–Trinajstić information content (AvgIpc) is 2.58. The van der Waals surface area contributed by atoms with Gasteiger partial charge in [0.05, 0.1) is 6.33 Å². The first-order valence-corrected chi connectivity index (χ1v) is 5.53. The number of nitrogens with zero attached hydrogens (tertiary/aromatic N) is 2. The molecule has 80 valence electrons. The van der Waals surface area contributed by atoms with Crippen molar-refractivity contribution in [3.63, 3.8) is 0 Å². The zero-order valence-corrected chi connectivity index (χ0v) is 9.24. The molecule has 2 N–H and O–H groups in total. The Morgan fingerprint density at radius 1 is 1.50 bits per heavy atom. The number of imidazole rings is 1. The molecule has 0 bridgehead atoms. The zero-order valence-electron chi connectivity index (χ0n) is 9.24. The Morgan fingerprint density at radius 3 is 2.79 bits per heavy atom. The molecule has 0 amide bonds. The first kappa shape index (κ1) is 11.1. The van der Waals surface area contributed by atoms with Crippen LogP contribution >= 0.6 is 0 Å². The molecule has 1 unspecified atom stereocenters. The number of nitrogen functional groups attached to an aromatic ring is 1. The molecule has 1 heterocycles. The molecule has 0 saturated heterocycles. The van der Waals surface area contributed by atoms with Gasteiger partial charge in [0.25, 0.3) is 0 Å². The zero-order chi connectivity index (χ0) is 10.4. The third-order valence-corrected chi connectivity index (χ3v) is 2.67. The maximum atomic E-state index is 5.56. The van der Waals surface area contributed by atoms with Crippen LogP contribution in [0.25, 0.3) is 0 Å².